The second kappa shape index (κ2) is 5.35. The molecule has 1 aromatic rings. The second-order valence-corrected chi connectivity index (χ2v) is 6.44. The van der Waals surface area contributed by atoms with Crippen LogP contribution in [0.1, 0.15) is 38.8 Å². The summed E-state index contributed by atoms with van der Waals surface area (Å²) in [6.45, 7) is 11.1. The summed E-state index contributed by atoms with van der Waals surface area (Å²) in [6.07, 6.45) is -0.247. The lowest BCUT2D eigenvalue weighted by Gasteiger charge is -2.30. The van der Waals surface area contributed by atoms with Crippen molar-refractivity contribution >= 4 is 11.8 Å². The third kappa shape index (κ3) is 3.24. The summed E-state index contributed by atoms with van der Waals surface area (Å²) < 4.78 is 5.52. The number of anilines is 1. The number of hydrogen-bond acceptors (Lipinski definition) is 3. The van der Waals surface area contributed by atoms with Crippen LogP contribution in [0.2, 0.25) is 0 Å². The van der Waals surface area contributed by atoms with Gasteiger partial charge in [0, 0.05) is 18.3 Å². The smallest absolute Gasteiger partial charge is 0.410 e. The van der Waals surface area contributed by atoms with Crippen molar-refractivity contribution in [2.75, 3.05) is 11.9 Å². The van der Waals surface area contributed by atoms with Gasteiger partial charge in [-0.15, -0.1) is 0 Å². The van der Waals surface area contributed by atoms with Gasteiger partial charge in [-0.05, 0) is 51.8 Å². The lowest BCUT2D eigenvalue weighted by atomic mass is 10.1. The van der Waals surface area contributed by atoms with Crippen LogP contribution in [0.5, 0.6) is 0 Å². The molecule has 4 heteroatoms. The molecule has 1 heterocycles. The first kappa shape index (κ1) is 14.7. The Morgan fingerprint density at radius 1 is 1.40 bits per heavy atom. The van der Waals surface area contributed by atoms with E-state index in [1.807, 2.05) is 33.8 Å². The number of carbonyl (C=O) groups excluding carboxylic acids is 1. The van der Waals surface area contributed by atoms with Gasteiger partial charge in [-0.1, -0.05) is 12.1 Å². The van der Waals surface area contributed by atoms with Crippen molar-refractivity contribution in [3.05, 3.63) is 29.3 Å². The molecule has 0 spiro atoms. The number of ether oxygens (including phenoxy) is 1. The van der Waals surface area contributed by atoms with Crippen LogP contribution in [0.25, 0.3) is 0 Å². The molecule has 0 fully saturated rings. The highest BCUT2D eigenvalue weighted by molar-refractivity contribution is 5.70. The molecule has 1 N–H and O–H groups in total. The maximum Gasteiger partial charge on any atom is 0.410 e. The van der Waals surface area contributed by atoms with Crippen LogP contribution in [0.3, 0.4) is 0 Å². The monoisotopic (exact) mass is 276 g/mol. The standard InChI is InChI=1S/C16H24N2O2/c1-11-7-6-8-14-13(11)10-18(12(2)9-17-14)15(19)20-16(3,4)5/h6-8,12,17H,9-10H2,1-5H3. The molecule has 0 radical (unpaired) electrons. The molecule has 1 aromatic carbocycles. The number of carbonyl (C=O) groups is 1. The summed E-state index contributed by atoms with van der Waals surface area (Å²) in [5.41, 5.74) is 3.01. The summed E-state index contributed by atoms with van der Waals surface area (Å²) >= 11 is 0. The Morgan fingerprint density at radius 2 is 2.10 bits per heavy atom. The Bertz CT molecular complexity index is 506. The van der Waals surface area contributed by atoms with E-state index in [-0.39, 0.29) is 12.1 Å². The van der Waals surface area contributed by atoms with Gasteiger partial charge in [-0.3, -0.25) is 4.90 Å². The zero-order valence-electron chi connectivity index (χ0n) is 13.0. The first-order valence-electron chi connectivity index (χ1n) is 7.10. The highest BCUT2D eigenvalue weighted by Crippen LogP contribution is 2.26. The number of hydrogen-bond donors (Lipinski definition) is 1. The second-order valence-electron chi connectivity index (χ2n) is 6.44. The molecule has 1 unspecified atom stereocenters. The highest BCUT2D eigenvalue weighted by Gasteiger charge is 2.29. The Labute approximate surface area is 121 Å². The lowest BCUT2D eigenvalue weighted by molar-refractivity contribution is 0.0171. The largest absolute Gasteiger partial charge is 0.444 e. The Kier molecular flexibility index (Phi) is 3.93. The zero-order chi connectivity index (χ0) is 14.9. The average Bonchev–Trinajstić information content (AvgIpc) is 2.48. The first-order chi connectivity index (χ1) is 9.28. The molecule has 0 aromatic heterocycles. The first-order valence-corrected chi connectivity index (χ1v) is 7.10. The fourth-order valence-electron chi connectivity index (χ4n) is 2.34. The van der Waals surface area contributed by atoms with Crippen molar-refractivity contribution < 1.29 is 9.53 Å². The zero-order valence-corrected chi connectivity index (χ0v) is 13.0. The molecule has 1 amide bonds. The molecule has 2 rings (SSSR count). The summed E-state index contributed by atoms with van der Waals surface area (Å²) in [5.74, 6) is 0. The Balaban J connectivity index is 2.26. The molecular formula is C16H24N2O2. The summed E-state index contributed by atoms with van der Waals surface area (Å²) in [7, 11) is 0. The molecule has 4 nitrogen and oxygen atoms in total. The van der Waals surface area contributed by atoms with Crippen molar-refractivity contribution in [2.45, 2.75) is 52.8 Å². The molecule has 1 aliphatic rings. The maximum absolute atomic E-state index is 12.4. The molecule has 20 heavy (non-hydrogen) atoms. The molecule has 0 aliphatic carbocycles. The van der Waals surface area contributed by atoms with E-state index in [1.54, 1.807) is 4.90 Å². The van der Waals surface area contributed by atoms with Crippen LogP contribution in [0.15, 0.2) is 18.2 Å². The van der Waals surface area contributed by atoms with Crippen LogP contribution in [0.4, 0.5) is 10.5 Å². The van der Waals surface area contributed by atoms with Crippen molar-refractivity contribution in [2.24, 2.45) is 0 Å². The summed E-state index contributed by atoms with van der Waals surface area (Å²) in [6, 6.07) is 6.27. The van der Waals surface area contributed by atoms with E-state index < -0.39 is 5.60 Å². The van der Waals surface area contributed by atoms with E-state index in [4.69, 9.17) is 4.74 Å². The lowest BCUT2D eigenvalue weighted by Crippen LogP contribution is -2.43. The van der Waals surface area contributed by atoms with Crippen LogP contribution < -0.4 is 5.32 Å². The van der Waals surface area contributed by atoms with E-state index in [2.05, 4.69) is 24.4 Å². The number of nitrogens with one attached hydrogen (secondary N) is 1. The van der Waals surface area contributed by atoms with Crippen molar-refractivity contribution in [3.8, 4) is 0 Å². The fraction of sp³-hybridized carbons (Fsp3) is 0.562. The number of nitrogens with zero attached hydrogens (tertiary/aromatic N) is 1. The van der Waals surface area contributed by atoms with Gasteiger partial charge in [0.15, 0.2) is 0 Å². The molecule has 0 bridgehead atoms. The van der Waals surface area contributed by atoms with Crippen LogP contribution >= 0.6 is 0 Å². The number of aryl methyl sites for hydroxylation is 1. The molecular weight excluding hydrogens is 252 g/mol. The topological polar surface area (TPSA) is 41.6 Å². The van der Waals surface area contributed by atoms with Gasteiger partial charge in [0.1, 0.15) is 5.60 Å². The average molecular weight is 276 g/mol. The minimum absolute atomic E-state index is 0.0941. The van der Waals surface area contributed by atoms with E-state index in [1.165, 1.54) is 11.1 Å². The van der Waals surface area contributed by atoms with Gasteiger partial charge in [0.2, 0.25) is 0 Å². The van der Waals surface area contributed by atoms with Gasteiger partial charge >= 0.3 is 6.09 Å². The van der Waals surface area contributed by atoms with Crippen molar-refractivity contribution in [3.63, 3.8) is 0 Å². The molecule has 110 valence electrons. The van der Waals surface area contributed by atoms with E-state index in [0.717, 1.165) is 12.2 Å². The van der Waals surface area contributed by atoms with Crippen LogP contribution in [-0.4, -0.2) is 29.2 Å². The quantitative estimate of drug-likeness (QED) is 0.788. The number of fused-ring (bicyclic) bond motifs is 1. The van der Waals surface area contributed by atoms with Gasteiger partial charge in [-0.2, -0.15) is 0 Å². The van der Waals surface area contributed by atoms with E-state index >= 15 is 0 Å². The molecule has 0 saturated carbocycles. The van der Waals surface area contributed by atoms with Crippen molar-refractivity contribution in [1.29, 1.82) is 0 Å². The highest BCUT2D eigenvalue weighted by atomic mass is 16.6. The van der Waals surface area contributed by atoms with Gasteiger partial charge in [0.25, 0.3) is 0 Å². The third-order valence-electron chi connectivity index (χ3n) is 3.49. The normalized spacial score (nSPS) is 18.9. The predicted molar refractivity (Wildman–Crippen MR) is 80.9 cm³/mol. The Hall–Kier alpha value is -1.71. The van der Waals surface area contributed by atoms with Gasteiger partial charge < -0.3 is 10.1 Å². The predicted octanol–water partition coefficient (Wildman–Crippen LogP) is 3.55. The van der Waals surface area contributed by atoms with Gasteiger partial charge in [0.05, 0.1) is 6.54 Å². The number of benzene rings is 1. The van der Waals surface area contributed by atoms with Crippen LogP contribution in [-0.2, 0) is 11.3 Å². The number of rotatable bonds is 0. The van der Waals surface area contributed by atoms with E-state index in [0.29, 0.717) is 6.54 Å². The minimum Gasteiger partial charge on any atom is -0.444 e. The minimum atomic E-state index is -0.467. The Morgan fingerprint density at radius 3 is 2.75 bits per heavy atom. The maximum atomic E-state index is 12.4. The molecule has 1 aliphatic heterocycles. The molecule has 0 saturated heterocycles. The number of amides is 1. The SMILES string of the molecule is Cc1cccc2c1CN(C(=O)OC(C)(C)C)C(C)CN2. The fourth-order valence-corrected chi connectivity index (χ4v) is 2.34. The van der Waals surface area contributed by atoms with Gasteiger partial charge in [-0.25, -0.2) is 4.79 Å². The molecule has 1 atom stereocenters. The van der Waals surface area contributed by atoms with Crippen molar-refractivity contribution in [1.82, 2.24) is 4.90 Å². The van der Waals surface area contributed by atoms with Crippen LogP contribution in [0, 0.1) is 6.92 Å². The summed E-state index contributed by atoms with van der Waals surface area (Å²) in [5, 5.41) is 3.41. The summed E-state index contributed by atoms with van der Waals surface area (Å²) in [4.78, 5) is 14.2. The van der Waals surface area contributed by atoms with E-state index in [9.17, 15) is 4.79 Å². The third-order valence-corrected chi connectivity index (χ3v) is 3.49.